The van der Waals surface area contributed by atoms with Gasteiger partial charge < -0.3 is 5.11 Å². The van der Waals surface area contributed by atoms with Crippen LogP contribution in [0.3, 0.4) is 0 Å². The molecule has 1 N–H and O–H groups in total. The number of halogens is 2. The van der Waals surface area contributed by atoms with Gasteiger partial charge in [0.25, 0.3) is 0 Å². The van der Waals surface area contributed by atoms with Gasteiger partial charge in [0.05, 0.1) is 5.02 Å². The molecular formula is C9H8Cl2O. The molecule has 0 aromatic heterocycles. The van der Waals surface area contributed by atoms with Crippen molar-refractivity contribution in [1.29, 1.82) is 0 Å². The van der Waals surface area contributed by atoms with Crippen LogP contribution in [-0.4, -0.2) is 5.11 Å². The molecular weight excluding hydrogens is 195 g/mol. The molecule has 0 unspecified atom stereocenters. The van der Waals surface area contributed by atoms with E-state index in [1.165, 1.54) is 6.07 Å². The van der Waals surface area contributed by atoms with Crippen molar-refractivity contribution in [1.82, 2.24) is 0 Å². The first-order valence-corrected chi connectivity index (χ1v) is 4.62. The summed E-state index contributed by atoms with van der Waals surface area (Å²) in [6, 6.07) is 3.22. The minimum Gasteiger partial charge on any atom is -0.506 e. The molecule has 0 bridgehead atoms. The van der Waals surface area contributed by atoms with Crippen molar-refractivity contribution in [3.63, 3.8) is 0 Å². The van der Waals surface area contributed by atoms with Gasteiger partial charge >= 0.3 is 0 Å². The average Bonchev–Trinajstić information content (AvgIpc) is 2.81. The molecule has 0 amide bonds. The monoisotopic (exact) mass is 202 g/mol. The largest absolute Gasteiger partial charge is 0.506 e. The summed E-state index contributed by atoms with van der Waals surface area (Å²) >= 11 is 11.8. The van der Waals surface area contributed by atoms with E-state index in [4.69, 9.17) is 23.2 Å². The molecule has 0 atom stereocenters. The van der Waals surface area contributed by atoms with Gasteiger partial charge in [0.15, 0.2) is 0 Å². The minimum atomic E-state index is 0.128. The summed E-state index contributed by atoms with van der Waals surface area (Å²) in [5.41, 5.74) is 0.915. The number of hydrogen-bond acceptors (Lipinski definition) is 1. The van der Waals surface area contributed by atoms with Crippen LogP contribution in [0.5, 0.6) is 5.75 Å². The maximum Gasteiger partial charge on any atom is 0.134 e. The fourth-order valence-corrected chi connectivity index (χ4v) is 1.98. The molecule has 0 saturated heterocycles. The SMILES string of the molecule is Oc1ccc(Cl)c(C2CC2)c1Cl. The molecule has 1 aliphatic rings. The Morgan fingerprint density at radius 2 is 1.92 bits per heavy atom. The summed E-state index contributed by atoms with van der Waals surface area (Å²) in [7, 11) is 0. The smallest absolute Gasteiger partial charge is 0.134 e. The highest BCUT2D eigenvalue weighted by Crippen LogP contribution is 2.48. The van der Waals surface area contributed by atoms with E-state index in [2.05, 4.69) is 0 Å². The van der Waals surface area contributed by atoms with Gasteiger partial charge in [0, 0.05) is 5.02 Å². The minimum absolute atomic E-state index is 0.128. The van der Waals surface area contributed by atoms with Crippen molar-refractivity contribution in [2.24, 2.45) is 0 Å². The maximum absolute atomic E-state index is 9.31. The van der Waals surface area contributed by atoms with E-state index >= 15 is 0 Å². The Kier molecular flexibility index (Phi) is 1.93. The Morgan fingerprint density at radius 3 is 2.50 bits per heavy atom. The number of phenolic OH excluding ortho intramolecular Hbond substituents is 1. The van der Waals surface area contributed by atoms with Crippen molar-refractivity contribution in [2.75, 3.05) is 0 Å². The molecule has 0 spiro atoms. The predicted octanol–water partition coefficient (Wildman–Crippen LogP) is 3.58. The van der Waals surface area contributed by atoms with Crippen LogP contribution < -0.4 is 0 Å². The summed E-state index contributed by atoms with van der Waals surface area (Å²) < 4.78 is 0. The lowest BCUT2D eigenvalue weighted by atomic mass is 10.1. The normalized spacial score (nSPS) is 16.5. The molecule has 64 valence electrons. The first-order valence-electron chi connectivity index (χ1n) is 3.87. The van der Waals surface area contributed by atoms with Crippen LogP contribution in [0.25, 0.3) is 0 Å². The summed E-state index contributed by atoms with van der Waals surface area (Å²) in [5.74, 6) is 0.597. The zero-order valence-corrected chi connectivity index (χ0v) is 7.86. The van der Waals surface area contributed by atoms with Crippen LogP contribution >= 0.6 is 23.2 Å². The summed E-state index contributed by atoms with van der Waals surface area (Å²) in [6.45, 7) is 0. The summed E-state index contributed by atoms with van der Waals surface area (Å²) in [6.07, 6.45) is 2.26. The van der Waals surface area contributed by atoms with Gasteiger partial charge in [-0.2, -0.15) is 0 Å². The number of rotatable bonds is 1. The molecule has 1 saturated carbocycles. The molecule has 1 nitrogen and oxygen atoms in total. The average molecular weight is 203 g/mol. The second-order valence-corrected chi connectivity index (χ2v) is 3.85. The number of benzene rings is 1. The third-order valence-corrected chi connectivity index (χ3v) is 2.82. The number of hydrogen-bond donors (Lipinski definition) is 1. The first-order chi connectivity index (χ1) is 5.70. The fraction of sp³-hybridized carbons (Fsp3) is 0.333. The highest BCUT2D eigenvalue weighted by atomic mass is 35.5. The van der Waals surface area contributed by atoms with Gasteiger partial charge in [0.1, 0.15) is 5.75 Å². The van der Waals surface area contributed by atoms with Crippen LogP contribution in [-0.2, 0) is 0 Å². The molecule has 12 heavy (non-hydrogen) atoms. The van der Waals surface area contributed by atoms with Gasteiger partial charge in [-0.05, 0) is 36.5 Å². The Balaban J connectivity index is 2.55. The van der Waals surface area contributed by atoms with E-state index in [0.717, 1.165) is 18.4 Å². The van der Waals surface area contributed by atoms with E-state index in [1.807, 2.05) is 0 Å². The highest BCUT2D eigenvalue weighted by Gasteiger charge is 2.29. The second-order valence-electron chi connectivity index (χ2n) is 3.07. The van der Waals surface area contributed by atoms with Gasteiger partial charge in [-0.15, -0.1) is 0 Å². The quantitative estimate of drug-likeness (QED) is 0.739. The number of aromatic hydroxyl groups is 1. The zero-order chi connectivity index (χ0) is 8.72. The molecule has 1 aliphatic carbocycles. The number of phenols is 1. The van der Waals surface area contributed by atoms with Crippen LogP contribution in [0, 0.1) is 0 Å². The van der Waals surface area contributed by atoms with Gasteiger partial charge in [-0.3, -0.25) is 0 Å². The lowest BCUT2D eigenvalue weighted by Crippen LogP contribution is -1.83. The van der Waals surface area contributed by atoms with E-state index in [-0.39, 0.29) is 5.75 Å². The van der Waals surface area contributed by atoms with Crippen molar-refractivity contribution >= 4 is 23.2 Å². The molecule has 1 aromatic rings. The van der Waals surface area contributed by atoms with Crippen molar-refractivity contribution in [3.8, 4) is 5.75 Å². The van der Waals surface area contributed by atoms with Gasteiger partial charge in [-0.25, -0.2) is 0 Å². The maximum atomic E-state index is 9.31. The molecule has 0 heterocycles. The zero-order valence-electron chi connectivity index (χ0n) is 6.35. The van der Waals surface area contributed by atoms with Gasteiger partial charge in [-0.1, -0.05) is 23.2 Å². The Bertz CT molecular complexity index is 319. The van der Waals surface area contributed by atoms with Crippen LogP contribution in [0.1, 0.15) is 24.3 Å². The van der Waals surface area contributed by atoms with E-state index in [0.29, 0.717) is 16.0 Å². The molecule has 0 radical (unpaired) electrons. The van der Waals surface area contributed by atoms with Crippen molar-refractivity contribution < 1.29 is 5.11 Å². The lowest BCUT2D eigenvalue weighted by molar-refractivity contribution is 0.475. The first kappa shape index (κ1) is 8.21. The molecule has 2 rings (SSSR count). The second kappa shape index (κ2) is 2.82. The fourth-order valence-electron chi connectivity index (χ4n) is 1.30. The predicted molar refractivity (Wildman–Crippen MR) is 50.1 cm³/mol. The summed E-state index contributed by atoms with van der Waals surface area (Å²) in [4.78, 5) is 0. The van der Waals surface area contributed by atoms with Crippen LogP contribution in [0.15, 0.2) is 12.1 Å². The molecule has 3 heteroatoms. The third kappa shape index (κ3) is 1.27. The van der Waals surface area contributed by atoms with Crippen molar-refractivity contribution in [3.05, 3.63) is 27.7 Å². The summed E-state index contributed by atoms with van der Waals surface area (Å²) in [5, 5.41) is 10.4. The molecule has 1 aromatic carbocycles. The van der Waals surface area contributed by atoms with E-state index < -0.39 is 0 Å². The van der Waals surface area contributed by atoms with E-state index in [1.54, 1.807) is 6.07 Å². The Morgan fingerprint density at radius 1 is 1.25 bits per heavy atom. The van der Waals surface area contributed by atoms with Crippen LogP contribution in [0.2, 0.25) is 10.0 Å². The van der Waals surface area contributed by atoms with Crippen LogP contribution in [0.4, 0.5) is 0 Å². The Hall–Kier alpha value is -0.400. The standard InChI is InChI=1S/C9H8Cl2O/c10-6-3-4-7(12)9(11)8(6)5-1-2-5/h3-5,12H,1-2H2. The molecule has 0 aliphatic heterocycles. The highest BCUT2D eigenvalue weighted by molar-refractivity contribution is 6.37. The third-order valence-electron chi connectivity index (χ3n) is 2.09. The van der Waals surface area contributed by atoms with Crippen molar-refractivity contribution in [2.45, 2.75) is 18.8 Å². The Labute approximate surface area is 80.9 Å². The molecule has 1 fully saturated rings. The van der Waals surface area contributed by atoms with Gasteiger partial charge in [0.2, 0.25) is 0 Å². The van der Waals surface area contributed by atoms with E-state index in [9.17, 15) is 5.11 Å². The lowest BCUT2D eigenvalue weighted by Gasteiger charge is -2.05. The topological polar surface area (TPSA) is 20.2 Å².